The van der Waals surface area contributed by atoms with Crippen molar-refractivity contribution >= 4 is 18.3 Å². The van der Waals surface area contributed by atoms with Gasteiger partial charge >= 0.3 is 0 Å². The lowest BCUT2D eigenvalue weighted by Crippen LogP contribution is -2.45. The van der Waals surface area contributed by atoms with E-state index in [0.29, 0.717) is 23.5 Å². The Hall–Kier alpha value is -1.72. The maximum Gasteiger partial charge on any atom is 0.251 e. The lowest BCUT2D eigenvalue weighted by Gasteiger charge is -2.24. The molecular formula is C17H25ClN2O3. The zero-order valence-corrected chi connectivity index (χ0v) is 14.5. The lowest BCUT2D eigenvalue weighted by molar-refractivity contribution is 0.0930. The van der Waals surface area contributed by atoms with E-state index in [9.17, 15) is 4.79 Å². The molecule has 5 nitrogen and oxygen atoms in total. The van der Waals surface area contributed by atoms with Crippen LogP contribution >= 0.6 is 12.4 Å². The van der Waals surface area contributed by atoms with E-state index in [0.717, 1.165) is 31.5 Å². The number of allylic oxidation sites excluding steroid dienone is 1. The zero-order valence-electron chi connectivity index (χ0n) is 13.7. The van der Waals surface area contributed by atoms with Gasteiger partial charge in [-0.25, -0.2) is 0 Å². The van der Waals surface area contributed by atoms with E-state index < -0.39 is 0 Å². The standard InChI is InChI=1S/C17H24N2O3.ClH/c1-4-6-12-9-13(10-15(21-2)16(12)22-3)17(20)19-14-7-5-8-18-11-14;/h4,9-10,14,18H,1,5-8,11H2,2-3H3,(H,19,20);1H. The third kappa shape index (κ3) is 4.88. The second-order valence-corrected chi connectivity index (χ2v) is 5.38. The number of halogens is 1. The van der Waals surface area contributed by atoms with E-state index in [2.05, 4.69) is 17.2 Å². The predicted molar refractivity (Wildman–Crippen MR) is 94.1 cm³/mol. The van der Waals surface area contributed by atoms with Gasteiger partial charge in [-0.2, -0.15) is 0 Å². The summed E-state index contributed by atoms with van der Waals surface area (Å²) in [5, 5.41) is 6.36. The summed E-state index contributed by atoms with van der Waals surface area (Å²) in [5.74, 6) is 1.13. The Labute approximate surface area is 143 Å². The van der Waals surface area contributed by atoms with Gasteiger partial charge in [-0.05, 0) is 37.9 Å². The number of piperidine rings is 1. The molecule has 1 fully saturated rings. The van der Waals surface area contributed by atoms with Crippen LogP contribution in [0.5, 0.6) is 11.5 Å². The van der Waals surface area contributed by atoms with Crippen LogP contribution in [0.1, 0.15) is 28.8 Å². The summed E-state index contributed by atoms with van der Waals surface area (Å²) >= 11 is 0. The highest BCUT2D eigenvalue weighted by atomic mass is 35.5. The molecule has 2 N–H and O–H groups in total. The topological polar surface area (TPSA) is 59.6 Å². The highest BCUT2D eigenvalue weighted by molar-refractivity contribution is 5.95. The summed E-state index contributed by atoms with van der Waals surface area (Å²) in [5.41, 5.74) is 1.48. The van der Waals surface area contributed by atoms with Crippen LogP contribution in [0, 0.1) is 0 Å². The predicted octanol–water partition coefficient (Wildman–Crippen LogP) is 2.34. The van der Waals surface area contributed by atoms with Crippen LogP contribution in [0.25, 0.3) is 0 Å². The van der Waals surface area contributed by atoms with Crippen molar-refractivity contribution in [2.45, 2.75) is 25.3 Å². The summed E-state index contributed by atoms with van der Waals surface area (Å²) in [4.78, 5) is 12.5. The Balaban J connectivity index is 0.00000264. The molecule has 1 aliphatic heterocycles. The maximum absolute atomic E-state index is 12.5. The molecule has 1 aliphatic rings. The van der Waals surface area contributed by atoms with Crippen molar-refractivity contribution < 1.29 is 14.3 Å². The van der Waals surface area contributed by atoms with Crippen molar-refractivity contribution in [1.29, 1.82) is 0 Å². The number of nitrogens with one attached hydrogen (secondary N) is 2. The Morgan fingerprint density at radius 2 is 2.22 bits per heavy atom. The van der Waals surface area contributed by atoms with Gasteiger partial charge in [0.2, 0.25) is 0 Å². The Kier molecular flexibility index (Phi) is 7.92. The van der Waals surface area contributed by atoms with Crippen LogP contribution in [-0.2, 0) is 6.42 Å². The molecule has 1 unspecified atom stereocenters. The molecule has 0 bridgehead atoms. The average Bonchev–Trinajstić information content (AvgIpc) is 2.55. The second-order valence-electron chi connectivity index (χ2n) is 5.38. The number of amides is 1. The zero-order chi connectivity index (χ0) is 15.9. The van der Waals surface area contributed by atoms with Crippen LogP contribution in [0.4, 0.5) is 0 Å². The molecule has 128 valence electrons. The molecule has 2 rings (SSSR count). The normalized spacial score (nSPS) is 16.9. The molecule has 23 heavy (non-hydrogen) atoms. The van der Waals surface area contributed by atoms with Crippen molar-refractivity contribution in [3.05, 3.63) is 35.9 Å². The summed E-state index contributed by atoms with van der Waals surface area (Å²) in [6.45, 7) is 5.59. The van der Waals surface area contributed by atoms with E-state index in [1.165, 1.54) is 0 Å². The molecule has 0 aromatic heterocycles. The quantitative estimate of drug-likeness (QED) is 0.780. The van der Waals surface area contributed by atoms with Gasteiger partial charge in [0.15, 0.2) is 11.5 Å². The van der Waals surface area contributed by atoms with Crippen LogP contribution in [0.15, 0.2) is 24.8 Å². The van der Waals surface area contributed by atoms with E-state index in [1.807, 2.05) is 6.07 Å². The highest BCUT2D eigenvalue weighted by Crippen LogP contribution is 2.33. The molecule has 1 atom stereocenters. The lowest BCUT2D eigenvalue weighted by atomic mass is 10.0. The highest BCUT2D eigenvalue weighted by Gasteiger charge is 2.19. The smallest absolute Gasteiger partial charge is 0.251 e. The van der Waals surface area contributed by atoms with Gasteiger partial charge in [0.05, 0.1) is 14.2 Å². The van der Waals surface area contributed by atoms with Crippen molar-refractivity contribution in [3.8, 4) is 11.5 Å². The Morgan fingerprint density at radius 1 is 1.43 bits per heavy atom. The molecule has 0 saturated carbocycles. The van der Waals surface area contributed by atoms with E-state index in [-0.39, 0.29) is 24.4 Å². The number of carbonyl (C=O) groups is 1. The van der Waals surface area contributed by atoms with Crippen molar-refractivity contribution in [2.24, 2.45) is 0 Å². The van der Waals surface area contributed by atoms with E-state index >= 15 is 0 Å². The fourth-order valence-corrected chi connectivity index (χ4v) is 2.73. The third-order valence-electron chi connectivity index (χ3n) is 3.81. The van der Waals surface area contributed by atoms with Gasteiger partial charge < -0.3 is 20.1 Å². The fourth-order valence-electron chi connectivity index (χ4n) is 2.73. The van der Waals surface area contributed by atoms with Gasteiger partial charge in [-0.1, -0.05) is 6.08 Å². The molecule has 0 radical (unpaired) electrons. The number of ether oxygens (including phenoxy) is 2. The SMILES string of the molecule is C=CCc1cc(C(=O)NC2CCCNC2)cc(OC)c1OC.Cl. The molecule has 6 heteroatoms. The van der Waals surface area contributed by atoms with Gasteiger partial charge in [0.25, 0.3) is 5.91 Å². The van der Waals surface area contributed by atoms with Gasteiger partial charge in [0, 0.05) is 23.7 Å². The summed E-state index contributed by atoms with van der Waals surface area (Å²) in [7, 11) is 3.17. The number of rotatable bonds is 6. The van der Waals surface area contributed by atoms with Crippen LogP contribution < -0.4 is 20.1 Å². The maximum atomic E-state index is 12.5. The number of methoxy groups -OCH3 is 2. The van der Waals surface area contributed by atoms with Gasteiger partial charge in [-0.15, -0.1) is 19.0 Å². The molecule has 0 aliphatic carbocycles. The second kappa shape index (κ2) is 9.43. The first-order valence-electron chi connectivity index (χ1n) is 7.57. The number of carbonyl (C=O) groups excluding carboxylic acids is 1. The monoisotopic (exact) mass is 340 g/mol. The van der Waals surface area contributed by atoms with Crippen LogP contribution in [0.3, 0.4) is 0 Å². The van der Waals surface area contributed by atoms with E-state index in [1.54, 1.807) is 26.4 Å². The molecule has 1 saturated heterocycles. The minimum Gasteiger partial charge on any atom is -0.493 e. The molecule has 0 spiro atoms. The molecule has 1 aromatic rings. The third-order valence-corrected chi connectivity index (χ3v) is 3.81. The van der Waals surface area contributed by atoms with Crippen LogP contribution in [0.2, 0.25) is 0 Å². The van der Waals surface area contributed by atoms with Crippen molar-refractivity contribution in [2.75, 3.05) is 27.3 Å². The molecule has 1 heterocycles. The molecular weight excluding hydrogens is 316 g/mol. The summed E-state index contributed by atoms with van der Waals surface area (Å²) in [6, 6.07) is 3.74. The first-order chi connectivity index (χ1) is 10.7. The number of hydrogen-bond donors (Lipinski definition) is 2. The average molecular weight is 341 g/mol. The number of hydrogen-bond acceptors (Lipinski definition) is 4. The molecule has 1 aromatic carbocycles. The summed E-state index contributed by atoms with van der Waals surface area (Å²) < 4.78 is 10.7. The Morgan fingerprint density at radius 3 is 2.78 bits per heavy atom. The minimum atomic E-state index is -0.0834. The van der Waals surface area contributed by atoms with E-state index in [4.69, 9.17) is 9.47 Å². The fraction of sp³-hybridized carbons (Fsp3) is 0.471. The van der Waals surface area contributed by atoms with Crippen molar-refractivity contribution in [3.63, 3.8) is 0 Å². The van der Waals surface area contributed by atoms with Gasteiger partial charge in [0.1, 0.15) is 0 Å². The minimum absolute atomic E-state index is 0. The van der Waals surface area contributed by atoms with Crippen molar-refractivity contribution in [1.82, 2.24) is 10.6 Å². The first-order valence-corrected chi connectivity index (χ1v) is 7.57. The number of benzene rings is 1. The van der Waals surface area contributed by atoms with Gasteiger partial charge in [-0.3, -0.25) is 4.79 Å². The molecule has 1 amide bonds. The Bertz CT molecular complexity index is 543. The largest absolute Gasteiger partial charge is 0.493 e. The van der Waals surface area contributed by atoms with Crippen LogP contribution in [-0.4, -0.2) is 39.3 Å². The first kappa shape index (κ1) is 19.3. The summed E-state index contributed by atoms with van der Waals surface area (Å²) in [6.07, 6.45) is 4.49.